The van der Waals surface area contributed by atoms with Gasteiger partial charge in [0.15, 0.2) is 5.11 Å². The van der Waals surface area contributed by atoms with Crippen LogP contribution in [-0.2, 0) is 4.74 Å². The number of thiocarbonyl (C=S) groups is 1. The SMILES string of the molecule is COC(=O)c1cccc(NC(=S)N[C@@H](C)COc2ccc(C)cc2)c1. The topological polar surface area (TPSA) is 59.6 Å². The molecule has 0 bridgehead atoms. The summed E-state index contributed by atoms with van der Waals surface area (Å²) in [5, 5.41) is 6.67. The van der Waals surface area contributed by atoms with Crippen LogP contribution in [0.3, 0.4) is 0 Å². The van der Waals surface area contributed by atoms with Crippen molar-refractivity contribution in [3.05, 3.63) is 59.7 Å². The predicted molar refractivity (Wildman–Crippen MR) is 103 cm³/mol. The zero-order valence-electron chi connectivity index (χ0n) is 14.5. The molecule has 0 fully saturated rings. The van der Waals surface area contributed by atoms with E-state index in [1.54, 1.807) is 18.2 Å². The molecule has 0 aromatic heterocycles. The van der Waals surface area contributed by atoms with Crippen LogP contribution in [0.1, 0.15) is 22.8 Å². The molecule has 0 aliphatic rings. The Labute approximate surface area is 153 Å². The van der Waals surface area contributed by atoms with E-state index in [1.807, 2.05) is 44.2 Å². The molecule has 2 N–H and O–H groups in total. The van der Waals surface area contributed by atoms with Gasteiger partial charge in [0.1, 0.15) is 12.4 Å². The van der Waals surface area contributed by atoms with E-state index >= 15 is 0 Å². The van der Waals surface area contributed by atoms with Crippen LogP contribution >= 0.6 is 12.2 Å². The molecule has 0 spiro atoms. The fraction of sp³-hybridized carbons (Fsp3) is 0.263. The van der Waals surface area contributed by atoms with Crippen LogP contribution in [0.2, 0.25) is 0 Å². The Hall–Kier alpha value is -2.60. The van der Waals surface area contributed by atoms with E-state index < -0.39 is 0 Å². The molecule has 0 aliphatic heterocycles. The first-order valence-corrected chi connectivity index (χ1v) is 8.34. The molecule has 2 aromatic carbocycles. The number of hydrogen-bond donors (Lipinski definition) is 2. The predicted octanol–water partition coefficient (Wildman–Crippen LogP) is 3.54. The summed E-state index contributed by atoms with van der Waals surface area (Å²) >= 11 is 5.30. The summed E-state index contributed by atoms with van der Waals surface area (Å²) < 4.78 is 10.4. The number of anilines is 1. The first kappa shape index (κ1) is 18.7. The number of methoxy groups -OCH3 is 1. The van der Waals surface area contributed by atoms with Crippen LogP contribution < -0.4 is 15.4 Å². The Morgan fingerprint density at radius 3 is 2.60 bits per heavy atom. The minimum absolute atomic E-state index is 0.0186. The Morgan fingerprint density at radius 1 is 1.20 bits per heavy atom. The Bertz CT molecular complexity index is 732. The van der Waals surface area contributed by atoms with Gasteiger partial charge in [-0.05, 0) is 56.4 Å². The first-order valence-electron chi connectivity index (χ1n) is 7.93. The molecule has 6 heteroatoms. The van der Waals surface area contributed by atoms with Crippen molar-refractivity contribution in [2.75, 3.05) is 19.0 Å². The summed E-state index contributed by atoms with van der Waals surface area (Å²) in [7, 11) is 1.35. The largest absolute Gasteiger partial charge is 0.491 e. The lowest BCUT2D eigenvalue weighted by atomic mass is 10.2. The highest BCUT2D eigenvalue weighted by molar-refractivity contribution is 7.80. The second-order valence-corrected chi connectivity index (χ2v) is 6.10. The Balaban J connectivity index is 1.83. The van der Waals surface area contributed by atoms with Gasteiger partial charge in [0, 0.05) is 5.69 Å². The van der Waals surface area contributed by atoms with Gasteiger partial charge in [0.25, 0.3) is 0 Å². The van der Waals surface area contributed by atoms with Crippen molar-refractivity contribution in [2.24, 2.45) is 0 Å². The third-order valence-corrected chi connectivity index (χ3v) is 3.66. The lowest BCUT2D eigenvalue weighted by molar-refractivity contribution is 0.0601. The van der Waals surface area contributed by atoms with Gasteiger partial charge < -0.3 is 20.1 Å². The normalized spacial score (nSPS) is 11.3. The molecule has 0 saturated heterocycles. The molecule has 132 valence electrons. The van der Waals surface area contributed by atoms with Crippen molar-refractivity contribution >= 4 is 29.0 Å². The van der Waals surface area contributed by atoms with E-state index in [0.717, 1.165) is 5.75 Å². The highest BCUT2D eigenvalue weighted by Crippen LogP contribution is 2.13. The molecule has 2 rings (SSSR count). The van der Waals surface area contributed by atoms with E-state index in [9.17, 15) is 4.79 Å². The van der Waals surface area contributed by atoms with Gasteiger partial charge in [-0.25, -0.2) is 4.79 Å². The molecule has 0 unspecified atom stereocenters. The Morgan fingerprint density at radius 2 is 1.92 bits per heavy atom. The molecule has 0 saturated carbocycles. The lowest BCUT2D eigenvalue weighted by Gasteiger charge is -2.18. The highest BCUT2D eigenvalue weighted by Gasteiger charge is 2.08. The first-order chi connectivity index (χ1) is 12.0. The standard InChI is InChI=1S/C19H22N2O3S/c1-13-7-9-17(10-8-13)24-12-14(2)20-19(25)21-16-6-4-5-15(11-16)18(22)23-3/h4-11,14H,12H2,1-3H3,(H2,20,21,25)/t14-/m0/s1. The third kappa shape index (κ3) is 6.08. The monoisotopic (exact) mass is 358 g/mol. The van der Waals surface area contributed by atoms with Gasteiger partial charge in [0.05, 0.1) is 18.7 Å². The van der Waals surface area contributed by atoms with E-state index in [-0.39, 0.29) is 12.0 Å². The molecule has 0 radical (unpaired) electrons. The number of hydrogen-bond acceptors (Lipinski definition) is 4. The van der Waals surface area contributed by atoms with Crippen LogP contribution in [0.5, 0.6) is 5.75 Å². The molecular weight excluding hydrogens is 336 g/mol. The van der Waals surface area contributed by atoms with Gasteiger partial charge in [-0.3, -0.25) is 0 Å². The van der Waals surface area contributed by atoms with Crippen LogP contribution in [0.4, 0.5) is 5.69 Å². The van der Waals surface area contributed by atoms with E-state index in [2.05, 4.69) is 10.6 Å². The second kappa shape index (κ2) is 9.03. The van der Waals surface area contributed by atoms with Gasteiger partial charge in [-0.1, -0.05) is 23.8 Å². The second-order valence-electron chi connectivity index (χ2n) is 5.70. The van der Waals surface area contributed by atoms with Gasteiger partial charge >= 0.3 is 5.97 Å². The fourth-order valence-electron chi connectivity index (χ4n) is 2.13. The van der Waals surface area contributed by atoms with E-state index in [0.29, 0.717) is 23.0 Å². The minimum atomic E-state index is -0.387. The number of nitrogens with one attached hydrogen (secondary N) is 2. The third-order valence-electron chi connectivity index (χ3n) is 3.44. The van der Waals surface area contributed by atoms with Gasteiger partial charge in [-0.2, -0.15) is 0 Å². The molecule has 2 aromatic rings. The summed E-state index contributed by atoms with van der Waals surface area (Å²) in [5.74, 6) is 0.436. The van der Waals surface area contributed by atoms with Crippen LogP contribution in [0, 0.1) is 6.92 Å². The van der Waals surface area contributed by atoms with Crippen LogP contribution in [-0.4, -0.2) is 30.8 Å². The van der Waals surface area contributed by atoms with Crippen molar-refractivity contribution in [1.82, 2.24) is 5.32 Å². The summed E-state index contributed by atoms with van der Waals surface area (Å²) in [6.07, 6.45) is 0. The van der Waals surface area contributed by atoms with Crippen molar-refractivity contribution in [2.45, 2.75) is 19.9 Å². The number of esters is 1. The number of aryl methyl sites for hydroxylation is 1. The molecule has 0 heterocycles. The number of rotatable bonds is 6. The maximum Gasteiger partial charge on any atom is 0.337 e. The van der Waals surface area contributed by atoms with Crippen LogP contribution in [0.15, 0.2) is 48.5 Å². The average molecular weight is 358 g/mol. The van der Waals surface area contributed by atoms with Crippen molar-refractivity contribution < 1.29 is 14.3 Å². The van der Waals surface area contributed by atoms with Gasteiger partial charge in [-0.15, -0.1) is 0 Å². The van der Waals surface area contributed by atoms with Crippen molar-refractivity contribution in [1.29, 1.82) is 0 Å². The molecule has 0 aliphatic carbocycles. The Kier molecular flexibility index (Phi) is 6.77. The number of carbonyl (C=O) groups excluding carboxylic acids is 1. The van der Waals surface area contributed by atoms with Crippen molar-refractivity contribution in [3.8, 4) is 5.75 Å². The quantitative estimate of drug-likeness (QED) is 0.608. The molecule has 1 atom stereocenters. The smallest absolute Gasteiger partial charge is 0.337 e. The maximum absolute atomic E-state index is 11.6. The van der Waals surface area contributed by atoms with Gasteiger partial charge in [0.2, 0.25) is 0 Å². The summed E-state index contributed by atoms with van der Waals surface area (Å²) in [5.41, 5.74) is 2.37. The average Bonchev–Trinajstić information content (AvgIpc) is 2.60. The maximum atomic E-state index is 11.6. The summed E-state index contributed by atoms with van der Waals surface area (Å²) in [6, 6.07) is 14.9. The van der Waals surface area contributed by atoms with Crippen LogP contribution in [0.25, 0.3) is 0 Å². The fourth-order valence-corrected chi connectivity index (χ4v) is 2.45. The summed E-state index contributed by atoms with van der Waals surface area (Å²) in [6.45, 7) is 4.49. The number of carbonyl (C=O) groups is 1. The zero-order valence-corrected chi connectivity index (χ0v) is 15.4. The summed E-state index contributed by atoms with van der Waals surface area (Å²) in [4.78, 5) is 11.6. The molecular formula is C19H22N2O3S. The zero-order chi connectivity index (χ0) is 18.2. The molecule has 5 nitrogen and oxygen atoms in total. The van der Waals surface area contributed by atoms with Crippen molar-refractivity contribution in [3.63, 3.8) is 0 Å². The molecule has 25 heavy (non-hydrogen) atoms. The van der Waals surface area contributed by atoms with E-state index in [4.69, 9.17) is 21.7 Å². The number of ether oxygens (including phenoxy) is 2. The number of benzene rings is 2. The highest BCUT2D eigenvalue weighted by atomic mass is 32.1. The minimum Gasteiger partial charge on any atom is -0.491 e. The van der Waals surface area contributed by atoms with E-state index in [1.165, 1.54) is 12.7 Å². The molecule has 0 amide bonds. The lowest BCUT2D eigenvalue weighted by Crippen LogP contribution is -2.39.